The van der Waals surface area contributed by atoms with Gasteiger partial charge in [-0.2, -0.15) is 0 Å². The molecule has 0 saturated heterocycles. The molecule has 0 radical (unpaired) electrons. The number of carbonyl (C=O) groups excluding carboxylic acids is 1. The van der Waals surface area contributed by atoms with Crippen LogP contribution in [0.3, 0.4) is 0 Å². The number of nitrogens with two attached hydrogens (primary N) is 1. The van der Waals surface area contributed by atoms with Crippen LogP contribution in [0.5, 0.6) is 0 Å². The lowest BCUT2D eigenvalue weighted by molar-refractivity contribution is -0.123. The van der Waals surface area contributed by atoms with Gasteiger partial charge in [-0.05, 0) is 19.1 Å². The van der Waals surface area contributed by atoms with Gasteiger partial charge in [-0.15, -0.1) is 0 Å². The Labute approximate surface area is 81.5 Å². The number of amides is 1. The Morgan fingerprint density at radius 2 is 2.29 bits per heavy atom. The topological polar surface area (TPSA) is 77.1 Å². The molecule has 1 amide bonds. The Hall–Kier alpha value is -1.78. The Morgan fingerprint density at radius 1 is 1.64 bits per heavy atom. The molecule has 1 rings (SSSR count). The molecule has 5 heteroatoms. The first-order chi connectivity index (χ1) is 6.57. The molecule has 1 atom stereocenters. The van der Waals surface area contributed by atoms with Crippen molar-refractivity contribution in [2.75, 3.05) is 12.8 Å². The summed E-state index contributed by atoms with van der Waals surface area (Å²) in [6, 6.07) is 2.60. The van der Waals surface area contributed by atoms with Crippen LogP contribution in [0.15, 0.2) is 23.1 Å². The molecule has 0 fully saturated rings. The van der Waals surface area contributed by atoms with E-state index in [1.54, 1.807) is 19.2 Å². The van der Waals surface area contributed by atoms with Crippen LogP contribution in [0, 0.1) is 0 Å². The number of nitrogens with one attached hydrogen (secondary N) is 1. The van der Waals surface area contributed by atoms with Crippen LogP contribution in [0.4, 0.5) is 5.69 Å². The van der Waals surface area contributed by atoms with Gasteiger partial charge in [-0.25, -0.2) is 0 Å². The Bertz CT molecular complexity index is 397. The van der Waals surface area contributed by atoms with E-state index in [0.717, 1.165) is 0 Å². The zero-order chi connectivity index (χ0) is 10.7. The van der Waals surface area contributed by atoms with Crippen molar-refractivity contribution < 1.29 is 4.79 Å². The molecule has 0 aliphatic carbocycles. The van der Waals surface area contributed by atoms with E-state index in [2.05, 4.69) is 5.32 Å². The van der Waals surface area contributed by atoms with Crippen molar-refractivity contribution in [3.05, 3.63) is 28.7 Å². The summed E-state index contributed by atoms with van der Waals surface area (Å²) in [7, 11) is 1.52. The summed E-state index contributed by atoms with van der Waals surface area (Å²) in [6.07, 6.45) is 1.54. The van der Waals surface area contributed by atoms with Gasteiger partial charge in [0.1, 0.15) is 6.04 Å². The lowest BCUT2D eigenvalue weighted by Gasteiger charge is -2.13. The smallest absolute Gasteiger partial charge is 0.274 e. The van der Waals surface area contributed by atoms with Gasteiger partial charge < -0.3 is 15.6 Å². The summed E-state index contributed by atoms with van der Waals surface area (Å²) < 4.78 is 1.30. The monoisotopic (exact) mass is 195 g/mol. The predicted molar refractivity (Wildman–Crippen MR) is 53.9 cm³/mol. The zero-order valence-corrected chi connectivity index (χ0v) is 8.15. The molecule has 0 bridgehead atoms. The number of aromatic nitrogens is 1. The molecule has 3 N–H and O–H groups in total. The number of pyridine rings is 1. The maximum Gasteiger partial charge on any atom is 0.274 e. The van der Waals surface area contributed by atoms with Crippen LogP contribution < -0.4 is 16.6 Å². The summed E-state index contributed by atoms with van der Waals surface area (Å²) in [6.45, 7) is 1.64. The van der Waals surface area contributed by atoms with E-state index >= 15 is 0 Å². The summed E-state index contributed by atoms with van der Waals surface area (Å²) >= 11 is 0. The van der Waals surface area contributed by atoms with Crippen LogP contribution in [0.2, 0.25) is 0 Å². The van der Waals surface area contributed by atoms with Gasteiger partial charge in [-0.1, -0.05) is 0 Å². The third kappa shape index (κ3) is 1.76. The molecule has 0 aliphatic rings. The molecule has 1 unspecified atom stereocenters. The van der Waals surface area contributed by atoms with Crippen LogP contribution in [-0.4, -0.2) is 17.5 Å². The quantitative estimate of drug-likeness (QED) is 0.682. The third-order valence-corrected chi connectivity index (χ3v) is 2.05. The average molecular weight is 195 g/mol. The van der Waals surface area contributed by atoms with Crippen LogP contribution >= 0.6 is 0 Å². The Balaban J connectivity index is 3.14. The fourth-order valence-corrected chi connectivity index (χ4v) is 1.17. The minimum Gasteiger partial charge on any atom is -0.394 e. The van der Waals surface area contributed by atoms with Gasteiger partial charge in [0.05, 0.1) is 5.69 Å². The number of carbonyl (C=O) groups is 1. The second-order valence-electron chi connectivity index (χ2n) is 2.97. The zero-order valence-electron chi connectivity index (χ0n) is 8.15. The lowest BCUT2D eigenvalue weighted by Crippen LogP contribution is -2.34. The molecule has 1 aromatic heterocycles. The first-order valence-corrected chi connectivity index (χ1v) is 4.26. The number of anilines is 1. The minimum atomic E-state index is -0.545. The maximum atomic E-state index is 11.5. The first kappa shape index (κ1) is 10.3. The Kier molecular flexibility index (Phi) is 2.91. The van der Waals surface area contributed by atoms with Gasteiger partial charge >= 0.3 is 0 Å². The second-order valence-corrected chi connectivity index (χ2v) is 2.97. The molecule has 1 aromatic rings. The molecule has 5 nitrogen and oxygen atoms in total. The summed E-state index contributed by atoms with van der Waals surface area (Å²) in [4.78, 5) is 22.8. The predicted octanol–water partition coefficient (Wildman–Crippen LogP) is -0.263. The molecule has 76 valence electrons. The van der Waals surface area contributed by atoms with E-state index in [9.17, 15) is 9.59 Å². The molecule has 0 aliphatic heterocycles. The average Bonchev–Trinajstić information content (AvgIpc) is 2.20. The van der Waals surface area contributed by atoms with E-state index in [1.165, 1.54) is 17.7 Å². The van der Waals surface area contributed by atoms with Gasteiger partial charge in [0.25, 0.3) is 5.56 Å². The van der Waals surface area contributed by atoms with Crippen molar-refractivity contribution in [3.63, 3.8) is 0 Å². The van der Waals surface area contributed by atoms with Crippen LogP contribution in [-0.2, 0) is 4.79 Å². The lowest BCUT2D eigenvalue weighted by atomic mass is 10.3. The highest BCUT2D eigenvalue weighted by atomic mass is 16.2. The van der Waals surface area contributed by atoms with Gasteiger partial charge in [0.2, 0.25) is 5.91 Å². The van der Waals surface area contributed by atoms with E-state index in [4.69, 9.17) is 5.73 Å². The van der Waals surface area contributed by atoms with Crippen molar-refractivity contribution >= 4 is 11.6 Å². The van der Waals surface area contributed by atoms with Gasteiger partial charge in [0.15, 0.2) is 0 Å². The fraction of sp³-hybridized carbons (Fsp3) is 0.333. The SMILES string of the molecule is CNC(=O)C(C)n1cccc(N)c1=O. The van der Waals surface area contributed by atoms with Crippen LogP contribution in [0.1, 0.15) is 13.0 Å². The number of nitrogens with zero attached hydrogens (tertiary/aromatic N) is 1. The third-order valence-electron chi connectivity index (χ3n) is 2.05. The van der Waals surface area contributed by atoms with E-state index < -0.39 is 6.04 Å². The standard InChI is InChI=1S/C9H13N3O2/c1-6(8(13)11-2)12-5-3-4-7(10)9(12)14/h3-6H,10H2,1-2H3,(H,11,13). The first-order valence-electron chi connectivity index (χ1n) is 4.26. The molecule has 1 heterocycles. The number of rotatable bonds is 2. The Morgan fingerprint density at radius 3 is 2.86 bits per heavy atom. The molecular weight excluding hydrogens is 182 g/mol. The summed E-state index contributed by atoms with van der Waals surface area (Å²) in [5, 5.41) is 2.47. The molecular formula is C9H13N3O2. The van der Waals surface area contributed by atoms with Crippen LogP contribution in [0.25, 0.3) is 0 Å². The largest absolute Gasteiger partial charge is 0.394 e. The number of hydrogen-bond donors (Lipinski definition) is 2. The van der Waals surface area contributed by atoms with Crippen molar-refractivity contribution in [3.8, 4) is 0 Å². The van der Waals surface area contributed by atoms with E-state index in [-0.39, 0.29) is 17.2 Å². The highest BCUT2D eigenvalue weighted by Gasteiger charge is 2.14. The maximum absolute atomic E-state index is 11.5. The molecule has 0 spiro atoms. The molecule has 0 aromatic carbocycles. The number of likely N-dealkylation sites (N-methyl/N-ethyl adjacent to an activating group) is 1. The molecule has 14 heavy (non-hydrogen) atoms. The van der Waals surface area contributed by atoms with Crippen molar-refractivity contribution in [1.29, 1.82) is 0 Å². The number of hydrogen-bond acceptors (Lipinski definition) is 3. The summed E-state index contributed by atoms with van der Waals surface area (Å²) in [5.74, 6) is -0.224. The fourth-order valence-electron chi connectivity index (χ4n) is 1.17. The van der Waals surface area contributed by atoms with Crippen molar-refractivity contribution in [2.24, 2.45) is 0 Å². The second kappa shape index (κ2) is 3.95. The minimum absolute atomic E-state index is 0.142. The summed E-state index contributed by atoms with van der Waals surface area (Å²) in [5.41, 5.74) is 5.23. The molecule has 0 saturated carbocycles. The highest BCUT2D eigenvalue weighted by molar-refractivity contribution is 5.79. The van der Waals surface area contributed by atoms with E-state index in [1.807, 2.05) is 0 Å². The highest BCUT2D eigenvalue weighted by Crippen LogP contribution is 2.03. The normalized spacial score (nSPS) is 12.1. The van der Waals surface area contributed by atoms with Crippen molar-refractivity contribution in [2.45, 2.75) is 13.0 Å². The van der Waals surface area contributed by atoms with Gasteiger partial charge in [0, 0.05) is 13.2 Å². The van der Waals surface area contributed by atoms with Crippen molar-refractivity contribution in [1.82, 2.24) is 9.88 Å². The van der Waals surface area contributed by atoms with Gasteiger partial charge in [-0.3, -0.25) is 9.59 Å². The number of nitrogen functional groups attached to an aromatic ring is 1. The van der Waals surface area contributed by atoms with E-state index in [0.29, 0.717) is 0 Å².